The molecular formula is C29H61NO3P+. The topological polar surface area (TPSA) is 46.5 Å². The van der Waals surface area contributed by atoms with E-state index in [4.69, 9.17) is 4.52 Å². The van der Waals surface area contributed by atoms with Crippen molar-refractivity contribution in [2.24, 2.45) is 0 Å². The van der Waals surface area contributed by atoms with Crippen LogP contribution in [-0.2, 0) is 9.09 Å². The number of quaternary nitrogens is 1. The maximum absolute atomic E-state index is 12.5. The Hall–Kier alpha value is -0.150. The fourth-order valence-corrected chi connectivity index (χ4v) is 6.63. The van der Waals surface area contributed by atoms with Crippen molar-refractivity contribution in [2.45, 2.75) is 148 Å². The van der Waals surface area contributed by atoms with Gasteiger partial charge in [0.2, 0.25) is 0 Å². The van der Waals surface area contributed by atoms with E-state index in [0.29, 0.717) is 17.5 Å². The summed E-state index contributed by atoms with van der Waals surface area (Å²) in [7, 11) is 2.30. The minimum Gasteiger partial charge on any atom is -0.320 e. The lowest BCUT2D eigenvalue weighted by Crippen LogP contribution is -2.44. The molecule has 34 heavy (non-hydrogen) atoms. The molecule has 5 heteroatoms. The van der Waals surface area contributed by atoms with Crippen molar-refractivity contribution >= 4 is 7.60 Å². The first-order chi connectivity index (χ1) is 16.3. The number of hydrogen-bond donors (Lipinski definition) is 1. The summed E-state index contributed by atoms with van der Waals surface area (Å²) in [6, 6.07) is 0. The fraction of sp³-hybridized carbons (Fsp3) is 0.931. The first kappa shape index (κ1) is 33.8. The average molecular weight is 503 g/mol. The van der Waals surface area contributed by atoms with E-state index in [-0.39, 0.29) is 5.78 Å². The Bertz CT molecular complexity index is 516. The summed E-state index contributed by atoms with van der Waals surface area (Å²) < 4.78 is 18.4. The summed E-state index contributed by atoms with van der Waals surface area (Å²) in [5.41, 5.74) is 0. The Morgan fingerprint density at radius 3 is 1.44 bits per heavy atom. The molecule has 0 aromatic carbocycles. The van der Waals surface area contributed by atoms with Gasteiger partial charge in [0, 0.05) is 6.42 Å². The van der Waals surface area contributed by atoms with Gasteiger partial charge in [-0.25, -0.2) is 0 Å². The van der Waals surface area contributed by atoms with Gasteiger partial charge in [0.25, 0.3) is 0 Å². The van der Waals surface area contributed by atoms with Crippen LogP contribution in [-0.4, -0.2) is 42.9 Å². The van der Waals surface area contributed by atoms with Gasteiger partial charge in [0.15, 0.2) is 5.78 Å². The minimum atomic E-state index is -3.56. The van der Waals surface area contributed by atoms with E-state index in [2.05, 4.69) is 19.1 Å². The van der Waals surface area contributed by atoms with Crippen LogP contribution in [0.15, 0.2) is 12.2 Å². The van der Waals surface area contributed by atoms with Crippen molar-refractivity contribution in [1.29, 1.82) is 0 Å². The molecular weight excluding hydrogens is 441 g/mol. The fourth-order valence-electron chi connectivity index (χ4n) is 4.73. The van der Waals surface area contributed by atoms with E-state index in [1.807, 2.05) is 28.1 Å². The molecule has 0 aromatic heterocycles. The monoisotopic (exact) mass is 502 g/mol. The first-order valence-corrected chi connectivity index (χ1v) is 16.3. The highest BCUT2D eigenvalue weighted by Crippen LogP contribution is 2.51. The van der Waals surface area contributed by atoms with Crippen molar-refractivity contribution in [3.05, 3.63) is 12.2 Å². The van der Waals surface area contributed by atoms with Crippen LogP contribution in [0.2, 0.25) is 0 Å². The highest BCUT2D eigenvalue weighted by atomic mass is 31.2. The molecule has 0 bridgehead atoms. The van der Waals surface area contributed by atoms with Crippen LogP contribution in [0.1, 0.15) is 142 Å². The SMILES string of the molecule is CCCCCCCCCCCCCCC=CCCCCCCCOP(=O)(O)C(CC)[N+](C)(C)C. The van der Waals surface area contributed by atoms with Gasteiger partial charge >= 0.3 is 7.60 Å². The standard InChI is InChI=1S/C29H60NO3P/c1-6-8-9-10-11-12-13-14-15-16-17-18-19-20-21-22-23-24-25-26-27-28-33-34(31,32)29(7-2)30(3,4)5/h20-21,29H,6-19,22-28H2,1-5H3/p+1. The van der Waals surface area contributed by atoms with Crippen LogP contribution in [0.4, 0.5) is 0 Å². The lowest BCUT2D eigenvalue weighted by Gasteiger charge is -2.35. The second-order valence-electron chi connectivity index (χ2n) is 11.1. The van der Waals surface area contributed by atoms with Crippen molar-refractivity contribution in [2.75, 3.05) is 27.7 Å². The van der Waals surface area contributed by atoms with Gasteiger partial charge in [-0.15, -0.1) is 0 Å². The summed E-state index contributed by atoms with van der Waals surface area (Å²) >= 11 is 0. The summed E-state index contributed by atoms with van der Waals surface area (Å²) in [6.45, 7) is 4.63. The molecule has 0 aliphatic rings. The van der Waals surface area contributed by atoms with E-state index >= 15 is 0 Å². The zero-order valence-electron chi connectivity index (χ0n) is 23.7. The predicted octanol–water partition coefficient (Wildman–Crippen LogP) is 9.62. The lowest BCUT2D eigenvalue weighted by atomic mass is 10.0. The van der Waals surface area contributed by atoms with E-state index in [9.17, 15) is 9.46 Å². The van der Waals surface area contributed by atoms with Crippen LogP contribution >= 0.6 is 7.60 Å². The second kappa shape index (κ2) is 22.1. The number of hydrogen-bond acceptors (Lipinski definition) is 2. The van der Waals surface area contributed by atoms with Crippen LogP contribution in [0.3, 0.4) is 0 Å². The first-order valence-electron chi connectivity index (χ1n) is 14.7. The zero-order valence-corrected chi connectivity index (χ0v) is 24.6. The normalized spacial score (nSPS) is 15.1. The highest BCUT2D eigenvalue weighted by Gasteiger charge is 2.41. The molecule has 0 saturated heterocycles. The van der Waals surface area contributed by atoms with Gasteiger partial charge in [-0.3, -0.25) is 4.57 Å². The molecule has 0 rings (SSSR count). The minimum absolute atomic E-state index is 0.353. The van der Waals surface area contributed by atoms with Crippen LogP contribution in [0, 0.1) is 0 Å². The molecule has 0 aliphatic heterocycles. The summed E-state index contributed by atoms with van der Waals surface area (Å²) in [5, 5.41) is 0. The van der Waals surface area contributed by atoms with Crippen molar-refractivity contribution in [1.82, 2.24) is 0 Å². The van der Waals surface area contributed by atoms with Crippen molar-refractivity contribution in [3.8, 4) is 0 Å². The maximum Gasteiger partial charge on any atom is 0.385 e. The van der Waals surface area contributed by atoms with Crippen LogP contribution < -0.4 is 0 Å². The molecule has 0 amide bonds. The van der Waals surface area contributed by atoms with Gasteiger partial charge in [0.05, 0.1) is 27.7 Å². The summed E-state index contributed by atoms with van der Waals surface area (Å²) in [6.07, 6.45) is 30.4. The van der Waals surface area contributed by atoms with Gasteiger partial charge in [-0.05, 0) is 32.1 Å². The molecule has 204 valence electrons. The number of rotatable bonds is 25. The van der Waals surface area contributed by atoms with E-state index in [1.165, 1.54) is 109 Å². The third-order valence-electron chi connectivity index (χ3n) is 6.82. The molecule has 0 radical (unpaired) electrons. The number of unbranched alkanes of at least 4 members (excludes halogenated alkanes) is 17. The third kappa shape index (κ3) is 20.1. The zero-order chi connectivity index (χ0) is 25.5. The smallest absolute Gasteiger partial charge is 0.320 e. The molecule has 0 spiro atoms. The molecule has 0 fully saturated rings. The average Bonchev–Trinajstić information content (AvgIpc) is 2.76. The summed E-state index contributed by atoms with van der Waals surface area (Å²) in [5.74, 6) is -0.353. The molecule has 4 nitrogen and oxygen atoms in total. The van der Waals surface area contributed by atoms with Gasteiger partial charge in [-0.1, -0.05) is 116 Å². The van der Waals surface area contributed by atoms with E-state index in [1.54, 1.807) is 0 Å². The molecule has 0 aliphatic carbocycles. The van der Waals surface area contributed by atoms with Gasteiger partial charge in [0.1, 0.15) is 0 Å². The Labute approximate surface area is 214 Å². The highest BCUT2D eigenvalue weighted by molar-refractivity contribution is 7.53. The quantitative estimate of drug-likeness (QED) is 0.0585. The third-order valence-corrected chi connectivity index (χ3v) is 9.18. The predicted molar refractivity (Wildman–Crippen MR) is 150 cm³/mol. The molecule has 0 aromatic rings. The molecule has 0 heterocycles. The van der Waals surface area contributed by atoms with Crippen molar-refractivity contribution in [3.63, 3.8) is 0 Å². The molecule has 2 unspecified atom stereocenters. The molecule has 0 saturated carbocycles. The number of allylic oxidation sites excluding steroid dienone is 2. The van der Waals surface area contributed by atoms with Gasteiger partial charge in [-0.2, -0.15) is 0 Å². The second-order valence-corrected chi connectivity index (χ2v) is 13.1. The van der Waals surface area contributed by atoms with E-state index in [0.717, 1.165) is 12.8 Å². The Morgan fingerprint density at radius 2 is 1.06 bits per heavy atom. The number of nitrogens with zero attached hydrogens (tertiary/aromatic N) is 1. The Morgan fingerprint density at radius 1 is 0.676 bits per heavy atom. The maximum atomic E-state index is 12.5. The van der Waals surface area contributed by atoms with E-state index < -0.39 is 7.60 Å². The molecule has 2 atom stereocenters. The molecule has 1 N–H and O–H groups in total. The van der Waals surface area contributed by atoms with Gasteiger partial charge < -0.3 is 13.9 Å². The lowest BCUT2D eigenvalue weighted by molar-refractivity contribution is -0.883. The summed E-state index contributed by atoms with van der Waals surface area (Å²) in [4.78, 5) is 10.3. The Balaban J connectivity index is 3.43. The van der Waals surface area contributed by atoms with Crippen LogP contribution in [0.25, 0.3) is 0 Å². The van der Waals surface area contributed by atoms with Crippen LogP contribution in [0.5, 0.6) is 0 Å². The Kier molecular flexibility index (Phi) is 22.0. The van der Waals surface area contributed by atoms with Crippen molar-refractivity contribution < 1.29 is 18.5 Å². The largest absolute Gasteiger partial charge is 0.385 e.